The second kappa shape index (κ2) is 5.50. The van der Waals surface area contributed by atoms with Crippen LogP contribution in [0, 0.1) is 0 Å². The molecule has 0 saturated carbocycles. The van der Waals surface area contributed by atoms with E-state index in [1.165, 1.54) is 0 Å². The van der Waals surface area contributed by atoms with Gasteiger partial charge in [-0.05, 0) is 47.0 Å². The van der Waals surface area contributed by atoms with E-state index in [2.05, 4.69) is 21.2 Å². The van der Waals surface area contributed by atoms with Gasteiger partial charge < -0.3 is 11.1 Å². The zero-order valence-electron chi connectivity index (χ0n) is 10.2. The van der Waals surface area contributed by atoms with Crippen molar-refractivity contribution in [3.05, 3.63) is 28.2 Å². The monoisotopic (exact) mass is 346 g/mol. The maximum Gasteiger partial charge on any atom is 0.252 e. The van der Waals surface area contributed by atoms with Gasteiger partial charge in [0.1, 0.15) is 0 Å². The largest absolute Gasteiger partial charge is 0.399 e. The van der Waals surface area contributed by atoms with Crippen LogP contribution in [0.1, 0.15) is 23.2 Å². The first-order chi connectivity index (χ1) is 8.90. The molecular weight excluding hydrogens is 332 g/mol. The maximum atomic E-state index is 12.0. The smallest absolute Gasteiger partial charge is 0.252 e. The molecule has 19 heavy (non-hydrogen) atoms. The van der Waals surface area contributed by atoms with Gasteiger partial charge in [-0.2, -0.15) is 0 Å². The molecule has 3 N–H and O–H groups in total. The number of hydrogen-bond acceptors (Lipinski definition) is 4. The average molecular weight is 347 g/mol. The number of nitrogens with one attached hydrogen (secondary N) is 1. The van der Waals surface area contributed by atoms with Crippen LogP contribution in [0.4, 0.5) is 5.69 Å². The summed E-state index contributed by atoms with van der Waals surface area (Å²) in [5.41, 5.74) is 6.53. The van der Waals surface area contributed by atoms with Gasteiger partial charge in [0.05, 0.1) is 16.6 Å². The van der Waals surface area contributed by atoms with Gasteiger partial charge in [0.25, 0.3) is 5.91 Å². The molecule has 7 heteroatoms. The van der Waals surface area contributed by atoms with Crippen LogP contribution in [-0.4, -0.2) is 31.9 Å². The highest BCUT2D eigenvalue weighted by atomic mass is 79.9. The number of rotatable bonds is 3. The van der Waals surface area contributed by atoms with Crippen molar-refractivity contribution in [1.29, 1.82) is 0 Å². The first-order valence-electron chi connectivity index (χ1n) is 5.95. The predicted octanol–water partition coefficient (Wildman–Crippen LogP) is 1.34. The minimum atomic E-state index is -3.03. The number of sulfone groups is 1. The predicted molar refractivity (Wildman–Crippen MR) is 77.7 cm³/mol. The number of carbonyl (C=O) groups excluding carboxylic acids is 1. The van der Waals surface area contributed by atoms with Crippen LogP contribution in [0.25, 0.3) is 0 Å². The van der Waals surface area contributed by atoms with Crippen molar-refractivity contribution < 1.29 is 13.2 Å². The Morgan fingerprint density at radius 3 is 2.84 bits per heavy atom. The summed E-state index contributed by atoms with van der Waals surface area (Å²) in [5, 5.41) is 2.20. The normalized spacial score (nSPS) is 21.2. The van der Waals surface area contributed by atoms with Crippen LogP contribution in [0.3, 0.4) is 0 Å². The Hall–Kier alpha value is -1.08. The molecule has 1 aromatic rings. The number of halogens is 1. The molecule has 5 nitrogen and oxygen atoms in total. The lowest BCUT2D eigenvalue weighted by atomic mass is 10.2. The highest BCUT2D eigenvalue weighted by Gasteiger charge is 2.31. The second-order valence-corrected chi connectivity index (χ2v) is 7.84. The van der Waals surface area contributed by atoms with Gasteiger partial charge in [-0.3, -0.25) is 4.79 Å². The topological polar surface area (TPSA) is 89.3 Å². The molecule has 1 heterocycles. The van der Waals surface area contributed by atoms with E-state index in [0.29, 0.717) is 28.6 Å². The Bertz CT molecular complexity index is 601. The molecule has 1 atom stereocenters. The molecule has 1 fully saturated rings. The van der Waals surface area contributed by atoms with Crippen molar-refractivity contribution in [3.63, 3.8) is 0 Å². The van der Waals surface area contributed by atoms with Crippen molar-refractivity contribution in [2.24, 2.45) is 0 Å². The molecule has 0 aliphatic carbocycles. The molecule has 0 bridgehead atoms. The van der Waals surface area contributed by atoms with Crippen LogP contribution in [0.2, 0.25) is 0 Å². The summed E-state index contributed by atoms with van der Waals surface area (Å²) in [5.74, 6) is -0.100. The van der Waals surface area contributed by atoms with E-state index in [1.54, 1.807) is 18.2 Å². The van der Waals surface area contributed by atoms with Gasteiger partial charge in [0.2, 0.25) is 0 Å². The molecule has 0 radical (unpaired) electrons. The van der Waals surface area contributed by atoms with E-state index in [-0.39, 0.29) is 18.2 Å². The number of hydrogen-bond donors (Lipinski definition) is 2. The third kappa shape index (κ3) is 3.27. The first-order valence-corrected chi connectivity index (χ1v) is 8.46. The molecule has 0 spiro atoms. The Morgan fingerprint density at radius 2 is 2.21 bits per heavy atom. The lowest BCUT2D eigenvalue weighted by molar-refractivity contribution is 0.0953. The molecule has 1 aliphatic heterocycles. The third-order valence-corrected chi connectivity index (χ3v) is 6.16. The van der Waals surface area contributed by atoms with Crippen molar-refractivity contribution in [1.82, 2.24) is 5.32 Å². The van der Waals surface area contributed by atoms with Crippen LogP contribution < -0.4 is 11.1 Å². The summed E-state index contributed by atoms with van der Waals surface area (Å²) in [6.07, 6.45) is 1.28. The zero-order chi connectivity index (χ0) is 14.0. The molecule has 2 rings (SSSR count). The molecular formula is C12H15BrN2O3S. The van der Waals surface area contributed by atoms with Crippen molar-refractivity contribution in [2.75, 3.05) is 18.0 Å². The number of amides is 1. The van der Waals surface area contributed by atoms with Crippen molar-refractivity contribution in [2.45, 2.75) is 18.1 Å². The van der Waals surface area contributed by atoms with E-state index in [4.69, 9.17) is 5.73 Å². The van der Waals surface area contributed by atoms with Crippen molar-refractivity contribution >= 4 is 37.4 Å². The summed E-state index contributed by atoms with van der Waals surface area (Å²) in [7, 11) is -3.03. The summed E-state index contributed by atoms with van der Waals surface area (Å²) in [6, 6.07) is 4.93. The fourth-order valence-corrected chi connectivity index (χ4v) is 4.30. The van der Waals surface area contributed by atoms with E-state index >= 15 is 0 Å². The molecule has 1 amide bonds. The van der Waals surface area contributed by atoms with E-state index in [1.807, 2.05) is 0 Å². The van der Waals surface area contributed by atoms with Crippen LogP contribution >= 0.6 is 15.9 Å². The van der Waals surface area contributed by atoms with Crippen molar-refractivity contribution in [3.8, 4) is 0 Å². The number of nitrogens with two attached hydrogens (primary N) is 1. The second-order valence-electron chi connectivity index (χ2n) is 4.58. The Balaban J connectivity index is 2.04. The molecule has 0 aromatic heterocycles. The van der Waals surface area contributed by atoms with Gasteiger partial charge in [-0.1, -0.05) is 0 Å². The highest BCUT2D eigenvalue weighted by molar-refractivity contribution is 9.10. The number of carbonyl (C=O) groups is 1. The molecule has 1 aliphatic rings. The third-order valence-electron chi connectivity index (χ3n) is 3.19. The lowest BCUT2D eigenvalue weighted by Crippen LogP contribution is -2.34. The fourth-order valence-electron chi connectivity index (χ4n) is 2.11. The summed E-state index contributed by atoms with van der Waals surface area (Å²) >= 11 is 3.27. The minimum Gasteiger partial charge on any atom is -0.399 e. The van der Waals surface area contributed by atoms with Crippen LogP contribution in [-0.2, 0) is 9.84 Å². The zero-order valence-corrected chi connectivity index (χ0v) is 12.6. The fraction of sp³-hybridized carbons (Fsp3) is 0.417. The number of anilines is 1. The quantitative estimate of drug-likeness (QED) is 0.808. The highest BCUT2D eigenvalue weighted by Crippen LogP contribution is 2.21. The summed E-state index contributed by atoms with van der Waals surface area (Å²) in [4.78, 5) is 12.0. The van der Waals surface area contributed by atoms with E-state index in [9.17, 15) is 13.2 Å². The molecule has 1 saturated heterocycles. The minimum absolute atomic E-state index is 0.155. The first kappa shape index (κ1) is 14.3. The lowest BCUT2D eigenvalue weighted by Gasteiger charge is -2.11. The molecule has 1 aromatic carbocycles. The van der Waals surface area contributed by atoms with Crippen LogP contribution in [0.15, 0.2) is 22.7 Å². The van der Waals surface area contributed by atoms with Gasteiger partial charge in [0, 0.05) is 16.7 Å². The average Bonchev–Trinajstić information content (AvgIpc) is 2.68. The number of benzene rings is 1. The Labute approximate surface area is 120 Å². The maximum absolute atomic E-state index is 12.0. The summed E-state index contributed by atoms with van der Waals surface area (Å²) < 4.78 is 23.9. The molecule has 104 valence electrons. The van der Waals surface area contributed by atoms with Gasteiger partial charge in [-0.25, -0.2) is 8.42 Å². The Morgan fingerprint density at radius 1 is 1.47 bits per heavy atom. The van der Waals surface area contributed by atoms with Gasteiger partial charge in [-0.15, -0.1) is 0 Å². The standard InChI is InChI=1S/C12H15BrN2O3S/c13-11-4-3-8(14)6-10(11)12(16)15-7-9-2-1-5-19(9,17)18/h3-4,6,9H,1-2,5,7,14H2,(H,15,16). The van der Waals surface area contributed by atoms with Gasteiger partial charge >= 0.3 is 0 Å². The summed E-state index contributed by atoms with van der Waals surface area (Å²) in [6.45, 7) is 0.155. The van der Waals surface area contributed by atoms with Gasteiger partial charge in [0.15, 0.2) is 9.84 Å². The Kier molecular flexibility index (Phi) is 4.15. The van der Waals surface area contributed by atoms with E-state index < -0.39 is 15.1 Å². The number of nitrogen functional groups attached to an aromatic ring is 1. The van der Waals surface area contributed by atoms with Crippen LogP contribution in [0.5, 0.6) is 0 Å². The van der Waals surface area contributed by atoms with E-state index in [0.717, 1.165) is 0 Å². The molecule has 1 unspecified atom stereocenters. The SMILES string of the molecule is Nc1ccc(Br)c(C(=O)NCC2CCCS2(=O)=O)c1.